The first-order valence-corrected chi connectivity index (χ1v) is 10.3. The van der Waals surface area contributed by atoms with E-state index in [4.69, 9.17) is 5.11 Å². The monoisotopic (exact) mass is 449 g/mol. The first kappa shape index (κ1) is 23.5. The number of aryl methyl sites for hydroxylation is 1. The van der Waals surface area contributed by atoms with Crippen LogP contribution in [0.25, 0.3) is 5.65 Å². The summed E-state index contributed by atoms with van der Waals surface area (Å²) in [6.45, 7) is 4.93. The van der Waals surface area contributed by atoms with Crippen molar-refractivity contribution in [2.75, 3.05) is 24.5 Å². The van der Waals surface area contributed by atoms with Crippen molar-refractivity contribution in [3.05, 3.63) is 60.0 Å². The largest absolute Gasteiger partial charge is 0.416 e. The number of pyridine rings is 1. The van der Waals surface area contributed by atoms with Crippen LogP contribution in [0.15, 0.2) is 48.7 Å². The van der Waals surface area contributed by atoms with Gasteiger partial charge in [0.2, 0.25) is 5.82 Å². The van der Waals surface area contributed by atoms with Gasteiger partial charge in [-0.15, -0.1) is 5.10 Å². The molecule has 7 nitrogen and oxygen atoms in total. The molecular formula is C22H26F3N5O2. The second kappa shape index (κ2) is 9.99. The number of benzene rings is 1. The number of carbonyl (C=O) groups excluding carboxylic acids is 1. The summed E-state index contributed by atoms with van der Waals surface area (Å²) in [5, 5.41) is 15.0. The van der Waals surface area contributed by atoms with Crippen LogP contribution in [-0.2, 0) is 0 Å². The molecule has 2 unspecified atom stereocenters. The van der Waals surface area contributed by atoms with Crippen molar-refractivity contribution in [3.8, 4) is 0 Å². The Hall–Kier alpha value is -3.14. The Morgan fingerprint density at radius 3 is 2.41 bits per heavy atom. The molecule has 4 rings (SSSR count). The average Bonchev–Trinajstić information content (AvgIpc) is 3.39. The third-order valence-electron chi connectivity index (χ3n) is 5.10. The van der Waals surface area contributed by atoms with Gasteiger partial charge in [-0.2, -0.15) is 13.2 Å². The van der Waals surface area contributed by atoms with Crippen LogP contribution in [0.4, 0.5) is 18.9 Å². The molecule has 3 aromatic rings. The van der Waals surface area contributed by atoms with E-state index in [9.17, 15) is 18.0 Å². The van der Waals surface area contributed by atoms with Crippen LogP contribution >= 0.6 is 0 Å². The number of alkyl halides is 3. The number of nitrogens with zero attached hydrogens (tertiary/aromatic N) is 4. The number of fused-ring (bicyclic) bond motifs is 1. The van der Waals surface area contributed by atoms with Crippen LogP contribution in [0.1, 0.15) is 29.5 Å². The van der Waals surface area contributed by atoms with Crippen LogP contribution in [-0.4, -0.2) is 57.5 Å². The molecule has 0 spiro atoms. The summed E-state index contributed by atoms with van der Waals surface area (Å²) in [7, 11) is 0. The molecule has 0 aliphatic carbocycles. The number of hydrogen-bond acceptors (Lipinski definition) is 5. The molecule has 32 heavy (non-hydrogen) atoms. The first-order chi connectivity index (χ1) is 15.1. The molecule has 2 N–H and O–H groups in total. The van der Waals surface area contributed by atoms with E-state index < -0.39 is 24.7 Å². The minimum Gasteiger partial charge on any atom is -0.382 e. The van der Waals surface area contributed by atoms with E-state index in [-0.39, 0.29) is 5.82 Å². The Labute approximate surface area is 183 Å². The number of hydrogen-bond donors (Lipinski definition) is 2. The molecule has 1 aliphatic rings. The van der Waals surface area contributed by atoms with Crippen molar-refractivity contribution in [2.45, 2.75) is 32.5 Å². The van der Waals surface area contributed by atoms with Gasteiger partial charge in [-0.25, -0.2) is 9.50 Å². The third-order valence-corrected chi connectivity index (χ3v) is 5.10. The van der Waals surface area contributed by atoms with Gasteiger partial charge in [0.25, 0.3) is 5.91 Å². The molecule has 0 bridgehead atoms. The fourth-order valence-electron chi connectivity index (χ4n) is 3.34. The van der Waals surface area contributed by atoms with Gasteiger partial charge >= 0.3 is 6.18 Å². The van der Waals surface area contributed by atoms with Crippen LogP contribution < -0.4 is 10.2 Å². The molecular weight excluding hydrogens is 423 g/mol. The summed E-state index contributed by atoms with van der Waals surface area (Å²) in [5.74, 6) is -0.509. The van der Waals surface area contributed by atoms with Crippen molar-refractivity contribution in [3.63, 3.8) is 0 Å². The number of aliphatic hydroxyl groups excluding tert-OH is 1. The Morgan fingerprint density at radius 2 is 1.88 bits per heavy atom. The lowest BCUT2D eigenvalue weighted by Crippen LogP contribution is -2.41. The smallest absolute Gasteiger partial charge is 0.382 e. The maximum atomic E-state index is 12.3. The van der Waals surface area contributed by atoms with Gasteiger partial charge < -0.3 is 15.3 Å². The van der Waals surface area contributed by atoms with Crippen LogP contribution in [0.3, 0.4) is 0 Å². The fraction of sp³-hybridized carbons (Fsp3) is 0.409. The predicted octanol–water partition coefficient (Wildman–Crippen LogP) is 3.22. The molecule has 1 aromatic carbocycles. The van der Waals surface area contributed by atoms with Crippen molar-refractivity contribution < 1.29 is 23.1 Å². The second-order valence-corrected chi connectivity index (χ2v) is 7.85. The summed E-state index contributed by atoms with van der Waals surface area (Å²) in [4.78, 5) is 18.3. The maximum absolute atomic E-state index is 12.3. The van der Waals surface area contributed by atoms with Gasteiger partial charge in [0, 0.05) is 13.1 Å². The fourth-order valence-corrected chi connectivity index (χ4v) is 3.34. The lowest BCUT2D eigenvalue weighted by atomic mass is 10.2. The Bertz CT molecular complexity index is 1010. The molecule has 2 atom stereocenters. The normalized spacial score (nSPS) is 17.1. The molecule has 172 valence electrons. The first-order valence-electron chi connectivity index (χ1n) is 10.3. The van der Waals surface area contributed by atoms with Crippen molar-refractivity contribution in [1.29, 1.82) is 0 Å². The number of rotatable bonds is 4. The zero-order valence-corrected chi connectivity index (χ0v) is 17.9. The van der Waals surface area contributed by atoms with Gasteiger partial charge in [-0.05, 0) is 30.9 Å². The topological polar surface area (TPSA) is 82.8 Å². The molecule has 2 aromatic heterocycles. The van der Waals surface area contributed by atoms with Crippen molar-refractivity contribution in [1.82, 2.24) is 19.9 Å². The maximum Gasteiger partial charge on any atom is 0.416 e. The van der Waals surface area contributed by atoms with E-state index >= 15 is 0 Å². The number of aromatic nitrogens is 3. The van der Waals surface area contributed by atoms with Gasteiger partial charge in [0.1, 0.15) is 0 Å². The minimum absolute atomic E-state index is 0.241. The number of aliphatic hydroxyl groups is 1. The molecule has 1 fully saturated rings. The number of anilines is 1. The molecule has 1 saturated heterocycles. The minimum atomic E-state index is -4.79. The highest BCUT2D eigenvalue weighted by atomic mass is 19.4. The van der Waals surface area contributed by atoms with Gasteiger partial charge in [-0.3, -0.25) is 4.79 Å². The lowest BCUT2D eigenvalue weighted by Gasteiger charge is -2.18. The second-order valence-electron chi connectivity index (χ2n) is 7.85. The SMILES string of the molecule is Cc1cc(N2CCC(C)C2)cn2nc(C(=O)NCC(O)C(F)(F)F)nc12.c1ccccc1. The van der Waals surface area contributed by atoms with E-state index in [0.717, 1.165) is 30.8 Å². The van der Waals surface area contributed by atoms with Gasteiger partial charge in [0.15, 0.2) is 11.8 Å². The van der Waals surface area contributed by atoms with Crippen molar-refractivity contribution >= 4 is 17.2 Å². The highest BCUT2D eigenvalue weighted by Gasteiger charge is 2.38. The molecule has 1 aliphatic heterocycles. The van der Waals surface area contributed by atoms with Crippen molar-refractivity contribution in [2.24, 2.45) is 5.92 Å². The molecule has 1 amide bonds. The molecule has 3 heterocycles. The Morgan fingerprint density at radius 1 is 1.25 bits per heavy atom. The van der Waals surface area contributed by atoms with Crippen LogP contribution in [0, 0.1) is 12.8 Å². The number of halogens is 3. The quantitative estimate of drug-likeness (QED) is 0.639. The summed E-state index contributed by atoms with van der Waals surface area (Å²) in [5.41, 5.74) is 2.23. The third kappa shape index (κ3) is 5.97. The Balaban J connectivity index is 0.000000416. The highest BCUT2D eigenvalue weighted by molar-refractivity contribution is 5.91. The summed E-state index contributed by atoms with van der Waals surface area (Å²) in [6.07, 6.45) is -4.56. The summed E-state index contributed by atoms with van der Waals surface area (Å²) >= 11 is 0. The predicted molar refractivity (Wildman–Crippen MR) is 115 cm³/mol. The highest BCUT2D eigenvalue weighted by Crippen LogP contribution is 2.25. The summed E-state index contributed by atoms with van der Waals surface area (Å²) < 4.78 is 38.4. The van der Waals surface area contributed by atoms with E-state index in [1.165, 1.54) is 4.52 Å². The van der Waals surface area contributed by atoms with Crippen LogP contribution in [0.5, 0.6) is 0 Å². The van der Waals surface area contributed by atoms with E-state index in [2.05, 4.69) is 21.9 Å². The number of carbonyl (C=O) groups is 1. The number of nitrogens with one attached hydrogen (secondary N) is 1. The van der Waals surface area contributed by atoms with Crippen LogP contribution in [0.2, 0.25) is 0 Å². The standard InChI is InChI=1S/C16H20F3N5O2.C6H6/c1-9-3-4-23(7-9)11-5-10(2)14-21-13(22-24(14)8-11)15(26)20-6-12(25)16(17,18)19;1-2-4-6-5-3-1/h5,8-9,12,25H,3-4,6-7H2,1-2H3,(H,20,26);1-6H. The van der Waals surface area contributed by atoms with E-state index in [1.54, 1.807) is 6.20 Å². The van der Waals surface area contributed by atoms with E-state index in [0.29, 0.717) is 11.6 Å². The average molecular weight is 449 g/mol. The Kier molecular flexibility index (Phi) is 7.34. The number of amides is 1. The zero-order chi connectivity index (χ0) is 23.3. The van der Waals surface area contributed by atoms with E-state index in [1.807, 2.05) is 54.7 Å². The molecule has 0 saturated carbocycles. The zero-order valence-electron chi connectivity index (χ0n) is 17.9. The molecule has 10 heteroatoms. The summed E-state index contributed by atoms with van der Waals surface area (Å²) in [6, 6.07) is 14.0. The van der Waals surface area contributed by atoms with Gasteiger partial charge in [-0.1, -0.05) is 43.3 Å². The lowest BCUT2D eigenvalue weighted by molar-refractivity contribution is -0.201. The van der Waals surface area contributed by atoms with Gasteiger partial charge in [0.05, 0.1) is 18.4 Å². The molecule has 0 radical (unpaired) electrons.